The maximum absolute atomic E-state index is 13.0. The summed E-state index contributed by atoms with van der Waals surface area (Å²) >= 11 is 7.30. The molecular formula is C16H12ClFN2OS. The van der Waals surface area contributed by atoms with Crippen LogP contribution in [-0.4, -0.2) is 10.9 Å². The molecule has 0 bridgehead atoms. The summed E-state index contributed by atoms with van der Waals surface area (Å²) in [5.74, 6) is -0.878. The Morgan fingerprint density at radius 2 is 2.18 bits per heavy atom. The van der Waals surface area contributed by atoms with Gasteiger partial charge >= 0.3 is 0 Å². The van der Waals surface area contributed by atoms with Gasteiger partial charge in [0.05, 0.1) is 20.8 Å². The van der Waals surface area contributed by atoms with Gasteiger partial charge < -0.3 is 0 Å². The molecule has 22 heavy (non-hydrogen) atoms. The number of amides is 1. The molecular weight excluding hydrogens is 323 g/mol. The average molecular weight is 335 g/mol. The van der Waals surface area contributed by atoms with Gasteiger partial charge in [-0.2, -0.15) is 0 Å². The SMILES string of the molecule is CCc1cccc2sc(NC(=O)c3ccc(F)cc3Cl)nc12. The fourth-order valence-corrected chi connectivity index (χ4v) is 3.34. The van der Waals surface area contributed by atoms with E-state index in [1.54, 1.807) is 0 Å². The minimum Gasteiger partial charge on any atom is -0.298 e. The fourth-order valence-electron chi connectivity index (χ4n) is 2.18. The molecule has 0 unspecified atom stereocenters. The van der Waals surface area contributed by atoms with Gasteiger partial charge in [-0.05, 0) is 36.2 Å². The molecule has 0 spiro atoms. The third kappa shape index (κ3) is 2.82. The molecule has 0 aliphatic carbocycles. The molecule has 2 aromatic carbocycles. The Kier molecular flexibility index (Phi) is 4.09. The van der Waals surface area contributed by atoms with Crippen LogP contribution < -0.4 is 5.32 Å². The highest BCUT2D eigenvalue weighted by atomic mass is 35.5. The molecule has 112 valence electrons. The van der Waals surface area contributed by atoms with Crippen LogP contribution in [0, 0.1) is 5.82 Å². The number of aromatic nitrogens is 1. The lowest BCUT2D eigenvalue weighted by molar-refractivity contribution is 0.102. The molecule has 1 amide bonds. The van der Waals surface area contributed by atoms with Gasteiger partial charge in [0.2, 0.25) is 0 Å². The largest absolute Gasteiger partial charge is 0.298 e. The van der Waals surface area contributed by atoms with Crippen LogP contribution in [0.15, 0.2) is 36.4 Å². The second-order valence-electron chi connectivity index (χ2n) is 4.71. The van der Waals surface area contributed by atoms with Gasteiger partial charge in [-0.25, -0.2) is 9.37 Å². The Labute approximate surface area is 135 Å². The lowest BCUT2D eigenvalue weighted by Gasteiger charge is -2.03. The fraction of sp³-hybridized carbons (Fsp3) is 0.125. The Bertz CT molecular complexity index is 862. The van der Waals surface area contributed by atoms with E-state index in [1.807, 2.05) is 18.2 Å². The maximum Gasteiger partial charge on any atom is 0.258 e. The van der Waals surface area contributed by atoms with Gasteiger partial charge in [0.15, 0.2) is 5.13 Å². The van der Waals surface area contributed by atoms with Crippen molar-refractivity contribution >= 4 is 44.2 Å². The van der Waals surface area contributed by atoms with Gasteiger partial charge in [0.1, 0.15) is 5.82 Å². The van der Waals surface area contributed by atoms with E-state index in [-0.39, 0.29) is 10.6 Å². The van der Waals surface area contributed by atoms with E-state index in [9.17, 15) is 9.18 Å². The number of para-hydroxylation sites is 1. The second-order valence-corrected chi connectivity index (χ2v) is 6.15. The van der Waals surface area contributed by atoms with Crippen molar-refractivity contribution in [3.63, 3.8) is 0 Å². The Balaban J connectivity index is 1.91. The highest BCUT2D eigenvalue weighted by Gasteiger charge is 2.14. The summed E-state index contributed by atoms with van der Waals surface area (Å²) in [6.45, 7) is 2.06. The first-order chi connectivity index (χ1) is 10.6. The molecule has 3 rings (SSSR count). The van der Waals surface area contributed by atoms with Crippen LogP contribution >= 0.6 is 22.9 Å². The number of nitrogens with one attached hydrogen (secondary N) is 1. The van der Waals surface area contributed by atoms with Crippen LogP contribution in [0.4, 0.5) is 9.52 Å². The van der Waals surface area contributed by atoms with Crippen LogP contribution in [0.25, 0.3) is 10.2 Å². The van der Waals surface area contributed by atoms with E-state index < -0.39 is 11.7 Å². The molecule has 0 fully saturated rings. The molecule has 0 aliphatic rings. The molecule has 0 aliphatic heterocycles. The van der Waals surface area contributed by atoms with Gasteiger partial charge in [-0.1, -0.05) is 42.0 Å². The molecule has 1 N–H and O–H groups in total. The highest BCUT2D eigenvalue weighted by Crippen LogP contribution is 2.29. The van der Waals surface area contributed by atoms with E-state index in [4.69, 9.17) is 11.6 Å². The van der Waals surface area contributed by atoms with Gasteiger partial charge in [-0.15, -0.1) is 0 Å². The smallest absolute Gasteiger partial charge is 0.258 e. The number of hydrogen-bond acceptors (Lipinski definition) is 3. The molecule has 6 heteroatoms. The highest BCUT2D eigenvalue weighted by molar-refractivity contribution is 7.22. The van der Waals surface area contributed by atoms with Crippen molar-refractivity contribution in [1.29, 1.82) is 0 Å². The van der Waals surface area contributed by atoms with E-state index in [1.165, 1.54) is 23.5 Å². The third-order valence-corrected chi connectivity index (χ3v) is 4.53. The predicted molar refractivity (Wildman–Crippen MR) is 88.4 cm³/mol. The number of aryl methyl sites for hydroxylation is 1. The molecule has 1 aromatic heterocycles. The Morgan fingerprint density at radius 1 is 1.36 bits per heavy atom. The minimum atomic E-state index is -0.478. The first-order valence-corrected chi connectivity index (χ1v) is 7.92. The Morgan fingerprint density at radius 3 is 2.91 bits per heavy atom. The summed E-state index contributed by atoms with van der Waals surface area (Å²) in [4.78, 5) is 16.7. The molecule has 0 radical (unpaired) electrons. The number of fused-ring (bicyclic) bond motifs is 1. The summed E-state index contributed by atoms with van der Waals surface area (Å²) in [6, 6.07) is 9.63. The molecule has 0 saturated carbocycles. The van der Waals surface area contributed by atoms with E-state index in [0.717, 1.165) is 28.3 Å². The van der Waals surface area contributed by atoms with Crippen molar-refractivity contribution in [2.75, 3.05) is 5.32 Å². The number of carbonyl (C=O) groups excluding carboxylic acids is 1. The number of hydrogen-bond donors (Lipinski definition) is 1. The summed E-state index contributed by atoms with van der Waals surface area (Å²) in [6.07, 6.45) is 0.873. The van der Waals surface area contributed by atoms with Crippen LogP contribution in [-0.2, 0) is 6.42 Å². The molecule has 0 saturated heterocycles. The minimum absolute atomic E-state index is 0.0767. The summed E-state index contributed by atoms with van der Waals surface area (Å²) in [5.41, 5.74) is 2.25. The number of benzene rings is 2. The average Bonchev–Trinajstić information content (AvgIpc) is 2.89. The number of nitrogens with zero attached hydrogens (tertiary/aromatic N) is 1. The number of carbonyl (C=O) groups is 1. The maximum atomic E-state index is 13.0. The van der Waals surface area contributed by atoms with Crippen molar-refractivity contribution in [3.05, 3.63) is 58.4 Å². The number of halogens is 2. The molecule has 1 heterocycles. The van der Waals surface area contributed by atoms with Crippen molar-refractivity contribution < 1.29 is 9.18 Å². The lowest BCUT2D eigenvalue weighted by atomic mass is 10.1. The van der Waals surface area contributed by atoms with Crippen molar-refractivity contribution in [1.82, 2.24) is 4.98 Å². The number of thiazole rings is 1. The van der Waals surface area contributed by atoms with Crippen LogP contribution in [0.1, 0.15) is 22.8 Å². The van der Waals surface area contributed by atoms with E-state index in [0.29, 0.717) is 5.13 Å². The number of anilines is 1. The Hall–Kier alpha value is -1.98. The van der Waals surface area contributed by atoms with Crippen molar-refractivity contribution in [2.45, 2.75) is 13.3 Å². The monoisotopic (exact) mass is 334 g/mol. The normalized spacial score (nSPS) is 10.9. The summed E-state index contributed by atoms with van der Waals surface area (Å²) in [7, 11) is 0. The van der Waals surface area contributed by atoms with Crippen LogP contribution in [0.3, 0.4) is 0 Å². The van der Waals surface area contributed by atoms with Gasteiger partial charge in [0, 0.05) is 0 Å². The third-order valence-electron chi connectivity index (χ3n) is 3.28. The van der Waals surface area contributed by atoms with E-state index >= 15 is 0 Å². The second kappa shape index (κ2) is 6.02. The summed E-state index contributed by atoms with van der Waals surface area (Å²) < 4.78 is 14.0. The van der Waals surface area contributed by atoms with Gasteiger partial charge in [0.25, 0.3) is 5.91 Å². The predicted octanol–water partition coefficient (Wildman–Crippen LogP) is 4.90. The topological polar surface area (TPSA) is 42.0 Å². The van der Waals surface area contributed by atoms with E-state index in [2.05, 4.69) is 17.2 Å². The molecule has 3 nitrogen and oxygen atoms in total. The summed E-state index contributed by atoms with van der Waals surface area (Å²) in [5, 5.41) is 3.30. The quantitative estimate of drug-likeness (QED) is 0.740. The molecule has 3 aromatic rings. The first-order valence-electron chi connectivity index (χ1n) is 6.73. The standard InChI is InChI=1S/C16H12ClFN2OS/c1-2-9-4-3-5-13-14(9)19-16(22-13)20-15(21)11-7-6-10(18)8-12(11)17/h3-8H,2H2,1H3,(H,19,20,21). The van der Waals surface area contributed by atoms with Crippen molar-refractivity contribution in [3.8, 4) is 0 Å². The van der Waals surface area contributed by atoms with Gasteiger partial charge in [-0.3, -0.25) is 10.1 Å². The molecule has 0 atom stereocenters. The zero-order chi connectivity index (χ0) is 15.7. The van der Waals surface area contributed by atoms with Crippen LogP contribution in [0.2, 0.25) is 5.02 Å². The van der Waals surface area contributed by atoms with Crippen molar-refractivity contribution in [2.24, 2.45) is 0 Å². The zero-order valence-electron chi connectivity index (χ0n) is 11.7. The number of rotatable bonds is 3. The zero-order valence-corrected chi connectivity index (χ0v) is 13.3. The van der Waals surface area contributed by atoms with Crippen LogP contribution in [0.5, 0.6) is 0 Å². The first kappa shape index (κ1) is 14.9. The lowest BCUT2D eigenvalue weighted by Crippen LogP contribution is -2.12.